The van der Waals surface area contributed by atoms with Crippen LogP contribution >= 0.6 is 0 Å². The minimum atomic E-state index is 0.312. The molecule has 0 aliphatic heterocycles. The number of benzene rings is 1. The van der Waals surface area contributed by atoms with Crippen LogP contribution in [0, 0.1) is 17.3 Å². The summed E-state index contributed by atoms with van der Waals surface area (Å²) in [6.07, 6.45) is 24.3. The number of hydrogen-bond acceptors (Lipinski definition) is 0. The summed E-state index contributed by atoms with van der Waals surface area (Å²) >= 11 is 0. The Labute approximate surface area is 161 Å². The van der Waals surface area contributed by atoms with E-state index in [0.717, 1.165) is 11.8 Å². The van der Waals surface area contributed by atoms with E-state index in [4.69, 9.17) is 0 Å². The third-order valence-corrected chi connectivity index (χ3v) is 6.72. The van der Waals surface area contributed by atoms with Crippen LogP contribution in [0.4, 0.5) is 0 Å². The van der Waals surface area contributed by atoms with Crippen molar-refractivity contribution in [3.8, 4) is 0 Å². The molecule has 0 atom stereocenters. The van der Waals surface area contributed by atoms with E-state index in [9.17, 15) is 0 Å². The maximum absolute atomic E-state index is 3.86. The predicted octanol–water partition coefficient (Wildman–Crippen LogP) is 7.85. The van der Waals surface area contributed by atoms with Crippen molar-refractivity contribution >= 4 is 0 Å². The molecule has 0 spiro atoms. The summed E-state index contributed by atoms with van der Waals surface area (Å²) in [5.74, 6) is 2.25. The fraction of sp³-hybridized carbons (Fsp3) is 0.538. The zero-order valence-electron chi connectivity index (χ0n) is 16.6. The Kier molecular flexibility index (Phi) is 6.94. The predicted molar refractivity (Wildman–Crippen MR) is 114 cm³/mol. The summed E-state index contributed by atoms with van der Waals surface area (Å²) in [6, 6.07) is 10.9. The van der Waals surface area contributed by atoms with Crippen LogP contribution in [0.5, 0.6) is 0 Å². The standard InChI is InChI=1S/C26H36/c1-3-5-7-10-22-13-15-25(16-14-22)26(19-4-2)20-17-24(18-21-26)23-11-8-6-9-12-23/h3,6,8-9,11-12,17-18,20-22,24-25H,1,4-5,7,10,13-16,19H2,2H3/t22-,24?,25-,26?. The van der Waals surface area contributed by atoms with E-state index >= 15 is 0 Å². The molecule has 0 amide bonds. The van der Waals surface area contributed by atoms with Gasteiger partial charge in [0, 0.05) is 11.3 Å². The normalized spacial score (nSPS) is 31.0. The molecule has 26 heavy (non-hydrogen) atoms. The van der Waals surface area contributed by atoms with E-state index in [1.807, 2.05) is 0 Å². The second kappa shape index (κ2) is 9.40. The van der Waals surface area contributed by atoms with Crippen LogP contribution in [-0.4, -0.2) is 0 Å². The molecule has 0 aromatic heterocycles. The van der Waals surface area contributed by atoms with Crippen LogP contribution in [0.25, 0.3) is 0 Å². The molecular formula is C26H36. The van der Waals surface area contributed by atoms with Gasteiger partial charge in [-0.15, -0.1) is 6.58 Å². The Morgan fingerprint density at radius 3 is 2.35 bits per heavy atom. The van der Waals surface area contributed by atoms with Gasteiger partial charge >= 0.3 is 0 Å². The van der Waals surface area contributed by atoms with Gasteiger partial charge in [-0.25, -0.2) is 0 Å². The smallest absolute Gasteiger partial charge is 0.0199 e. The topological polar surface area (TPSA) is 0 Å². The molecule has 0 N–H and O–H groups in total. The zero-order valence-corrected chi connectivity index (χ0v) is 16.6. The highest BCUT2D eigenvalue weighted by molar-refractivity contribution is 5.34. The van der Waals surface area contributed by atoms with E-state index < -0.39 is 0 Å². The fourth-order valence-corrected chi connectivity index (χ4v) is 5.20. The summed E-state index contributed by atoms with van der Waals surface area (Å²) < 4.78 is 0. The van der Waals surface area contributed by atoms with Crippen LogP contribution in [0.2, 0.25) is 0 Å². The van der Waals surface area contributed by atoms with Crippen LogP contribution in [0.1, 0.15) is 76.2 Å². The van der Waals surface area contributed by atoms with Crippen LogP contribution in [-0.2, 0) is 0 Å². The monoisotopic (exact) mass is 348 g/mol. The van der Waals surface area contributed by atoms with Crippen molar-refractivity contribution in [2.24, 2.45) is 17.3 Å². The van der Waals surface area contributed by atoms with Gasteiger partial charge in [0.15, 0.2) is 0 Å². The third kappa shape index (κ3) is 4.58. The zero-order chi connectivity index (χ0) is 18.2. The van der Waals surface area contributed by atoms with Crippen LogP contribution in [0.15, 0.2) is 67.3 Å². The van der Waals surface area contributed by atoms with E-state index in [1.54, 1.807) is 0 Å². The van der Waals surface area contributed by atoms with Gasteiger partial charge in [0.1, 0.15) is 0 Å². The average Bonchev–Trinajstić information content (AvgIpc) is 2.70. The molecule has 0 heterocycles. The van der Waals surface area contributed by atoms with Gasteiger partial charge < -0.3 is 0 Å². The van der Waals surface area contributed by atoms with Gasteiger partial charge in [-0.05, 0) is 49.5 Å². The Balaban J connectivity index is 1.63. The molecule has 140 valence electrons. The molecule has 2 aliphatic carbocycles. The van der Waals surface area contributed by atoms with Gasteiger partial charge in [0.25, 0.3) is 0 Å². The largest absolute Gasteiger partial charge is 0.103 e. The highest BCUT2D eigenvalue weighted by atomic mass is 14.4. The molecule has 1 saturated carbocycles. The highest BCUT2D eigenvalue weighted by Crippen LogP contribution is 2.48. The van der Waals surface area contributed by atoms with Gasteiger partial charge in [-0.3, -0.25) is 0 Å². The van der Waals surface area contributed by atoms with Gasteiger partial charge in [-0.2, -0.15) is 0 Å². The van der Waals surface area contributed by atoms with Crippen molar-refractivity contribution in [3.63, 3.8) is 0 Å². The van der Waals surface area contributed by atoms with Gasteiger partial charge in [-0.1, -0.05) is 93.3 Å². The maximum Gasteiger partial charge on any atom is 0.0199 e. The minimum Gasteiger partial charge on any atom is -0.103 e. The van der Waals surface area contributed by atoms with E-state index in [2.05, 4.69) is 74.2 Å². The number of hydrogen-bond donors (Lipinski definition) is 0. The number of rotatable bonds is 8. The lowest BCUT2D eigenvalue weighted by molar-refractivity contribution is 0.165. The van der Waals surface area contributed by atoms with Crippen molar-refractivity contribution in [2.75, 3.05) is 0 Å². The Morgan fingerprint density at radius 2 is 1.73 bits per heavy atom. The summed E-state index contributed by atoms with van der Waals surface area (Å²) in [5, 5.41) is 0. The van der Waals surface area contributed by atoms with E-state index in [0.29, 0.717) is 11.3 Å². The average molecular weight is 349 g/mol. The van der Waals surface area contributed by atoms with Crippen molar-refractivity contribution in [1.29, 1.82) is 0 Å². The van der Waals surface area contributed by atoms with Crippen LogP contribution in [0.3, 0.4) is 0 Å². The lowest BCUT2D eigenvalue weighted by Crippen LogP contribution is -2.32. The van der Waals surface area contributed by atoms with E-state index in [-0.39, 0.29) is 0 Å². The molecule has 0 radical (unpaired) electrons. The molecule has 1 aromatic rings. The van der Waals surface area contributed by atoms with E-state index in [1.165, 1.54) is 63.4 Å². The maximum atomic E-state index is 3.86. The molecule has 0 saturated heterocycles. The first-order valence-electron chi connectivity index (χ1n) is 10.8. The quantitative estimate of drug-likeness (QED) is 0.331. The summed E-state index contributed by atoms with van der Waals surface area (Å²) in [4.78, 5) is 0. The SMILES string of the molecule is C=CCCC[C@H]1CC[C@H](C2(CCC)C=CC(c3ccccc3)C=C2)CC1. The lowest BCUT2D eigenvalue weighted by Gasteiger charge is -2.42. The van der Waals surface area contributed by atoms with Gasteiger partial charge in [0.2, 0.25) is 0 Å². The first kappa shape index (κ1) is 19.2. The molecule has 0 nitrogen and oxygen atoms in total. The lowest BCUT2D eigenvalue weighted by atomic mass is 9.62. The molecule has 0 unspecified atom stereocenters. The Morgan fingerprint density at radius 1 is 1.04 bits per heavy atom. The molecule has 2 aliphatic rings. The molecule has 1 fully saturated rings. The fourth-order valence-electron chi connectivity index (χ4n) is 5.20. The molecule has 1 aromatic carbocycles. The number of unbranched alkanes of at least 4 members (excludes halogenated alkanes) is 1. The van der Waals surface area contributed by atoms with Crippen LogP contribution < -0.4 is 0 Å². The second-order valence-corrected chi connectivity index (χ2v) is 8.45. The first-order chi connectivity index (χ1) is 12.8. The van der Waals surface area contributed by atoms with Gasteiger partial charge in [0.05, 0.1) is 0 Å². The molecule has 0 heteroatoms. The highest BCUT2D eigenvalue weighted by Gasteiger charge is 2.37. The first-order valence-corrected chi connectivity index (χ1v) is 10.8. The molecule has 0 bridgehead atoms. The van der Waals surface area contributed by atoms with Crippen molar-refractivity contribution in [1.82, 2.24) is 0 Å². The molecular weight excluding hydrogens is 312 g/mol. The van der Waals surface area contributed by atoms with Crippen molar-refractivity contribution < 1.29 is 0 Å². The Bertz CT molecular complexity index is 584. The summed E-state index contributed by atoms with van der Waals surface area (Å²) in [7, 11) is 0. The Hall–Kier alpha value is -1.56. The molecule has 3 rings (SSSR count). The number of allylic oxidation sites excluding steroid dienone is 5. The summed E-state index contributed by atoms with van der Waals surface area (Å²) in [5.41, 5.74) is 1.72. The van der Waals surface area contributed by atoms with Crippen molar-refractivity contribution in [3.05, 3.63) is 72.9 Å². The second-order valence-electron chi connectivity index (χ2n) is 8.45. The third-order valence-electron chi connectivity index (χ3n) is 6.72. The summed E-state index contributed by atoms with van der Waals surface area (Å²) in [6.45, 7) is 6.20. The minimum absolute atomic E-state index is 0.312. The van der Waals surface area contributed by atoms with Crippen molar-refractivity contribution in [2.45, 2.75) is 70.6 Å².